The number of benzene rings is 1. The van der Waals surface area contributed by atoms with Crippen molar-refractivity contribution in [2.75, 3.05) is 13.2 Å². The van der Waals surface area contributed by atoms with Crippen LogP contribution in [0.4, 0.5) is 4.39 Å². The van der Waals surface area contributed by atoms with Crippen LogP contribution in [0.1, 0.15) is 23.6 Å². The molecule has 1 aromatic rings. The Morgan fingerprint density at radius 3 is 3.16 bits per heavy atom. The van der Waals surface area contributed by atoms with Gasteiger partial charge in [0.15, 0.2) is 6.19 Å². The van der Waals surface area contributed by atoms with Gasteiger partial charge in [-0.2, -0.15) is 5.26 Å². The number of fused-ring (bicyclic) bond motifs is 1. The zero-order valence-corrected chi connectivity index (χ0v) is 11.0. The van der Waals surface area contributed by atoms with Gasteiger partial charge in [0.2, 0.25) is 5.96 Å². The lowest BCUT2D eigenvalue weighted by atomic mass is 10.1. The standard InChI is InChI=1S/C13H14ClFN4/c14-11-3-1-2-10-9(11)4-5-12(10)19-13(18-8-16)17-7-6-15/h1-3,12H,4-7H2,(H2,17,18,19). The van der Waals surface area contributed by atoms with Crippen LogP contribution in [0.5, 0.6) is 0 Å². The summed E-state index contributed by atoms with van der Waals surface area (Å²) in [5.41, 5.74) is 2.24. The number of hydrogen-bond donors (Lipinski definition) is 2. The first-order chi connectivity index (χ1) is 9.26. The third-order valence-electron chi connectivity index (χ3n) is 3.05. The van der Waals surface area contributed by atoms with Crippen LogP contribution in [0, 0.1) is 11.5 Å². The van der Waals surface area contributed by atoms with Gasteiger partial charge in [0, 0.05) is 5.02 Å². The minimum Gasteiger partial charge on any atom is -0.349 e. The molecule has 1 aliphatic carbocycles. The molecule has 0 fully saturated rings. The molecular formula is C13H14ClFN4. The van der Waals surface area contributed by atoms with E-state index in [4.69, 9.17) is 16.9 Å². The Morgan fingerprint density at radius 1 is 1.58 bits per heavy atom. The van der Waals surface area contributed by atoms with Crippen molar-refractivity contribution >= 4 is 17.6 Å². The number of hydrogen-bond acceptors (Lipinski definition) is 2. The highest BCUT2D eigenvalue weighted by atomic mass is 35.5. The van der Waals surface area contributed by atoms with Crippen molar-refractivity contribution in [2.45, 2.75) is 18.9 Å². The van der Waals surface area contributed by atoms with Crippen LogP contribution in [0.15, 0.2) is 23.2 Å². The Kier molecular flexibility index (Phi) is 4.58. The van der Waals surface area contributed by atoms with Crippen LogP contribution in [0.25, 0.3) is 0 Å². The van der Waals surface area contributed by atoms with Crippen LogP contribution in [0.2, 0.25) is 5.02 Å². The van der Waals surface area contributed by atoms with Crippen LogP contribution < -0.4 is 10.6 Å². The number of rotatable bonds is 3. The number of nitrogens with zero attached hydrogens (tertiary/aromatic N) is 2. The largest absolute Gasteiger partial charge is 0.349 e. The summed E-state index contributed by atoms with van der Waals surface area (Å²) >= 11 is 6.14. The molecule has 2 rings (SSSR count). The quantitative estimate of drug-likeness (QED) is 0.387. The predicted octanol–water partition coefficient (Wildman–Crippen LogP) is 2.31. The Labute approximate surface area is 116 Å². The fourth-order valence-electron chi connectivity index (χ4n) is 2.25. The fourth-order valence-corrected chi connectivity index (χ4v) is 2.53. The average molecular weight is 281 g/mol. The maximum absolute atomic E-state index is 12.1. The molecule has 1 aromatic carbocycles. The number of nitriles is 1. The SMILES string of the molecule is N#CNC(=NCCF)NC1CCc2c(Cl)cccc21. The smallest absolute Gasteiger partial charge is 0.205 e. The first-order valence-electron chi connectivity index (χ1n) is 6.05. The van der Waals surface area contributed by atoms with Crippen LogP contribution >= 0.6 is 11.6 Å². The minimum absolute atomic E-state index is 0.0339. The summed E-state index contributed by atoms with van der Waals surface area (Å²) in [7, 11) is 0. The van der Waals surface area contributed by atoms with Crippen molar-refractivity contribution in [3.8, 4) is 6.19 Å². The molecule has 1 aliphatic rings. The molecule has 6 heteroatoms. The van der Waals surface area contributed by atoms with Gasteiger partial charge in [-0.1, -0.05) is 23.7 Å². The molecule has 2 N–H and O–H groups in total. The number of nitrogens with one attached hydrogen (secondary N) is 2. The molecule has 0 radical (unpaired) electrons. The predicted molar refractivity (Wildman–Crippen MR) is 72.7 cm³/mol. The van der Waals surface area contributed by atoms with E-state index in [9.17, 15) is 4.39 Å². The second-order valence-electron chi connectivity index (χ2n) is 4.20. The summed E-state index contributed by atoms with van der Waals surface area (Å²) < 4.78 is 12.1. The molecule has 0 amide bonds. The van der Waals surface area contributed by atoms with Crippen molar-refractivity contribution in [3.63, 3.8) is 0 Å². The van der Waals surface area contributed by atoms with Gasteiger partial charge in [-0.15, -0.1) is 0 Å². The lowest BCUT2D eigenvalue weighted by Crippen LogP contribution is -2.36. The van der Waals surface area contributed by atoms with Gasteiger partial charge in [0.05, 0.1) is 12.6 Å². The van der Waals surface area contributed by atoms with Gasteiger partial charge in [0.25, 0.3) is 0 Å². The van der Waals surface area contributed by atoms with Crippen molar-refractivity contribution < 1.29 is 4.39 Å². The van der Waals surface area contributed by atoms with E-state index in [0.29, 0.717) is 5.96 Å². The molecule has 19 heavy (non-hydrogen) atoms. The Hall–Kier alpha value is -1.80. The lowest BCUT2D eigenvalue weighted by Gasteiger charge is -2.16. The number of guanidine groups is 1. The Morgan fingerprint density at radius 2 is 2.42 bits per heavy atom. The number of halogens is 2. The molecule has 0 aliphatic heterocycles. The average Bonchev–Trinajstić information content (AvgIpc) is 2.81. The van der Waals surface area contributed by atoms with E-state index in [1.54, 1.807) is 6.19 Å². The zero-order chi connectivity index (χ0) is 13.7. The summed E-state index contributed by atoms with van der Waals surface area (Å²) in [6.45, 7) is -0.516. The van der Waals surface area contributed by atoms with E-state index in [2.05, 4.69) is 15.6 Å². The zero-order valence-electron chi connectivity index (χ0n) is 10.3. The second kappa shape index (κ2) is 6.39. The molecule has 1 atom stereocenters. The van der Waals surface area contributed by atoms with Crippen LogP contribution in [-0.2, 0) is 6.42 Å². The fraction of sp³-hybridized carbons (Fsp3) is 0.385. The Balaban J connectivity index is 2.13. The Bertz CT molecular complexity index is 524. The van der Waals surface area contributed by atoms with Gasteiger partial charge >= 0.3 is 0 Å². The van der Waals surface area contributed by atoms with Gasteiger partial charge < -0.3 is 5.32 Å². The van der Waals surface area contributed by atoms with E-state index in [0.717, 1.165) is 29.0 Å². The molecule has 0 saturated heterocycles. The van der Waals surface area contributed by atoms with Gasteiger partial charge in [-0.05, 0) is 30.0 Å². The van der Waals surface area contributed by atoms with Crippen molar-refractivity contribution in [1.82, 2.24) is 10.6 Å². The molecule has 4 nitrogen and oxygen atoms in total. The second-order valence-corrected chi connectivity index (χ2v) is 4.61. The van der Waals surface area contributed by atoms with Gasteiger partial charge in [-0.3, -0.25) is 5.32 Å². The summed E-state index contributed by atoms with van der Waals surface area (Å²) in [6, 6.07) is 5.82. The van der Waals surface area contributed by atoms with Crippen LogP contribution in [0.3, 0.4) is 0 Å². The van der Waals surface area contributed by atoms with E-state index in [-0.39, 0.29) is 12.6 Å². The van der Waals surface area contributed by atoms with E-state index >= 15 is 0 Å². The number of alkyl halides is 1. The molecule has 0 bridgehead atoms. The summed E-state index contributed by atoms with van der Waals surface area (Å²) in [6.07, 6.45) is 3.55. The van der Waals surface area contributed by atoms with Gasteiger partial charge in [-0.25, -0.2) is 9.38 Å². The summed E-state index contributed by atoms with van der Waals surface area (Å²) in [4.78, 5) is 3.95. The molecule has 100 valence electrons. The molecule has 0 aromatic heterocycles. The first kappa shape index (κ1) is 13.6. The van der Waals surface area contributed by atoms with E-state index in [1.165, 1.54) is 0 Å². The highest BCUT2D eigenvalue weighted by molar-refractivity contribution is 6.31. The minimum atomic E-state index is -0.550. The molecule has 0 heterocycles. The lowest BCUT2D eigenvalue weighted by molar-refractivity contribution is 0.503. The van der Waals surface area contributed by atoms with Gasteiger partial charge in [0.1, 0.15) is 6.67 Å². The maximum atomic E-state index is 12.1. The maximum Gasteiger partial charge on any atom is 0.205 e. The number of aliphatic imine (C=N–C) groups is 1. The highest BCUT2D eigenvalue weighted by Crippen LogP contribution is 2.35. The van der Waals surface area contributed by atoms with Crippen LogP contribution in [-0.4, -0.2) is 19.2 Å². The molecule has 0 saturated carbocycles. The normalized spacial score (nSPS) is 17.7. The highest BCUT2D eigenvalue weighted by Gasteiger charge is 2.24. The van der Waals surface area contributed by atoms with E-state index in [1.807, 2.05) is 18.2 Å². The van der Waals surface area contributed by atoms with Crippen molar-refractivity contribution in [1.29, 1.82) is 5.26 Å². The topological polar surface area (TPSA) is 60.2 Å². The monoisotopic (exact) mass is 280 g/mol. The summed E-state index contributed by atoms with van der Waals surface area (Å²) in [5.74, 6) is 0.304. The van der Waals surface area contributed by atoms with Crippen molar-refractivity contribution in [2.24, 2.45) is 4.99 Å². The summed E-state index contributed by atoms with van der Waals surface area (Å²) in [5, 5.41) is 15.0. The molecular weight excluding hydrogens is 267 g/mol. The first-order valence-corrected chi connectivity index (χ1v) is 6.43. The third-order valence-corrected chi connectivity index (χ3v) is 3.41. The molecule has 1 unspecified atom stereocenters. The van der Waals surface area contributed by atoms with E-state index < -0.39 is 6.67 Å². The molecule has 0 spiro atoms. The third kappa shape index (κ3) is 3.15. The van der Waals surface area contributed by atoms with Crippen molar-refractivity contribution in [3.05, 3.63) is 34.3 Å².